The van der Waals surface area contributed by atoms with Gasteiger partial charge in [0.15, 0.2) is 9.84 Å². The molecule has 0 aliphatic heterocycles. The predicted molar refractivity (Wildman–Crippen MR) is 93.2 cm³/mol. The van der Waals surface area contributed by atoms with Crippen LogP contribution in [0.2, 0.25) is 4.34 Å². The van der Waals surface area contributed by atoms with Crippen LogP contribution in [0.4, 0.5) is 5.69 Å². The molecule has 1 amide bonds. The second-order valence-corrected chi connectivity index (χ2v) is 9.48. The van der Waals surface area contributed by atoms with Gasteiger partial charge in [0.2, 0.25) is 0 Å². The summed E-state index contributed by atoms with van der Waals surface area (Å²) < 4.78 is 25.8. The third-order valence-electron chi connectivity index (χ3n) is 3.96. The number of sulfone groups is 1. The Morgan fingerprint density at radius 3 is 2.57 bits per heavy atom. The number of carbonyl (C=O) groups is 1. The fourth-order valence-corrected chi connectivity index (χ4v) is 5.61. The van der Waals surface area contributed by atoms with Crippen LogP contribution in [0.5, 0.6) is 0 Å². The third-order valence-corrected chi connectivity index (χ3v) is 7.45. The number of carbonyl (C=O) groups excluding carboxylic acids is 1. The molecule has 4 nitrogen and oxygen atoms in total. The van der Waals surface area contributed by atoms with Crippen LogP contribution in [0, 0.1) is 0 Å². The van der Waals surface area contributed by atoms with Crippen molar-refractivity contribution in [2.75, 3.05) is 5.32 Å². The Kier molecular flexibility index (Phi) is 4.75. The highest BCUT2D eigenvalue weighted by atomic mass is 35.5. The Bertz CT molecular complexity index is 823. The van der Waals surface area contributed by atoms with Gasteiger partial charge >= 0.3 is 0 Å². The monoisotopic (exact) mass is 369 g/mol. The van der Waals surface area contributed by atoms with Crippen molar-refractivity contribution >= 4 is 44.4 Å². The molecule has 0 unspecified atom stereocenters. The molecule has 0 atom stereocenters. The maximum Gasteiger partial charge on any atom is 0.265 e. The van der Waals surface area contributed by atoms with Gasteiger partial charge in [-0.25, -0.2) is 8.42 Å². The van der Waals surface area contributed by atoms with Gasteiger partial charge in [-0.15, -0.1) is 11.3 Å². The minimum atomic E-state index is -3.33. The van der Waals surface area contributed by atoms with Crippen LogP contribution in [-0.4, -0.2) is 19.6 Å². The first-order valence-corrected chi connectivity index (χ1v) is 10.1. The number of hydrogen-bond donors (Lipinski definition) is 1. The van der Waals surface area contributed by atoms with Crippen LogP contribution in [-0.2, 0) is 9.84 Å². The third kappa shape index (κ3) is 3.59. The van der Waals surface area contributed by atoms with Gasteiger partial charge in [-0.3, -0.25) is 4.79 Å². The van der Waals surface area contributed by atoms with Gasteiger partial charge in [-0.05, 0) is 43.2 Å². The second-order valence-electron chi connectivity index (χ2n) is 5.54. The molecule has 1 aromatic carbocycles. The first kappa shape index (κ1) is 16.5. The van der Waals surface area contributed by atoms with Crippen molar-refractivity contribution in [3.05, 3.63) is 45.6 Å². The van der Waals surface area contributed by atoms with Crippen molar-refractivity contribution in [3.63, 3.8) is 0 Å². The van der Waals surface area contributed by atoms with Gasteiger partial charge in [0.25, 0.3) is 5.91 Å². The Balaban J connectivity index is 1.81. The summed E-state index contributed by atoms with van der Waals surface area (Å²) in [6.07, 6.45) is 3.35. The zero-order valence-corrected chi connectivity index (χ0v) is 14.7. The van der Waals surface area contributed by atoms with E-state index in [1.807, 2.05) is 0 Å². The van der Waals surface area contributed by atoms with E-state index < -0.39 is 9.84 Å². The van der Waals surface area contributed by atoms with E-state index >= 15 is 0 Å². The lowest BCUT2D eigenvalue weighted by Gasteiger charge is -2.12. The van der Waals surface area contributed by atoms with Gasteiger partial charge in [0, 0.05) is 5.69 Å². The number of rotatable bonds is 4. The van der Waals surface area contributed by atoms with Crippen LogP contribution in [0.1, 0.15) is 35.4 Å². The number of anilines is 1. The molecule has 1 aliphatic rings. The molecule has 1 aliphatic carbocycles. The Hall–Kier alpha value is -1.37. The molecule has 2 aromatic rings. The molecule has 1 N–H and O–H groups in total. The van der Waals surface area contributed by atoms with Crippen LogP contribution < -0.4 is 5.32 Å². The van der Waals surface area contributed by atoms with E-state index in [1.165, 1.54) is 17.4 Å². The molecule has 3 rings (SSSR count). The van der Waals surface area contributed by atoms with Crippen molar-refractivity contribution in [2.45, 2.75) is 35.8 Å². The van der Waals surface area contributed by atoms with E-state index in [0.717, 1.165) is 12.8 Å². The van der Waals surface area contributed by atoms with Crippen molar-refractivity contribution in [3.8, 4) is 0 Å². The van der Waals surface area contributed by atoms with E-state index in [2.05, 4.69) is 5.32 Å². The predicted octanol–water partition coefficient (Wildman–Crippen LogP) is 4.37. The van der Waals surface area contributed by atoms with Crippen molar-refractivity contribution in [2.24, 2.45) is 0 Å². The SMILES string of the molecule is O=C(Nc1cccc(S(=O)(=O)C2CCCC2)c1)c1ccc(Cl)s1. The van der Waals surface area contributed by atoms with Crippen molar-refractivity contribution < 1.29 is 13.2 Å². The van der Waals surface area contributed by atoms with Crippen LogP contribution in [0.25, 0.3) is 0 Å². The summed E-state index contributed by atoms with van der Waals surface area (Å²) in [5, 5.41) is 2.42. The molecular formula is C16H16ClNO3S2. The number of hydrogen-bond acceptors (Lipinski definition) is 4. The fraction of sp³-hybridized carbons (Fsp3) is 0.312. The highest BCUT2D eigenvalue weighted by Gasteiger charge is 2.30. The van der Waals surface area contributed by atoms with Gasteiger partial charge < -0.3 is 5.32 Å². The average Bonchev–Trinajstić information content (AvgIpc) is 3.19. The largest absolute Gasteiger partial charge is 0.321 e. The molecule has 0 spiro atoms. The number of thiophene rings is 1. The average molecular weight is 370 g/mol. The van der Waals surface area contributed by atoms with E-state index in [0.29, 0.717) is 27.7 Å². The van der Waals surface area contributed by atoms with E-state index in [-0.39, 0.29) is 16.1 Å². The van der Waals surface area contributed by atoms with Crippen LogP contribution in [0.15, 0.2) is 41.3 Å². The summed E-state index contributed by atoms with van der Waals surface area (Å²) >= 11 is 7.00. The van der Waals surface area contributed by atoms with Crippen molar-refractivity contribution in [1.29, 1.82) is 0 Å². The molecule has 7 heteroatoms. The molecule has 23 heavy (non-hydrogen) atoms. The number of benzene rings is 1. The normalized spacial score (nSPS) is 15.7. The molecular weight excluding hydrogens is 354 g/mol. The second kappa shape index (κ2) is 6.63. The smallest absolute Gasteiger partial charge is 0.265 e. The zero-order chi connectivity index (χ0) is 16.4. The Labute approximate surface area is 144 Å². The first-order valence-electron chi connectivity index (χ1n) is 7.37. The van der Waals surface area contributed by atoms with Crippen LogP contribution in [0.3, 0.4) is 0 Å². The number of nitrogens with one attached hydrogen (secondary N) is 1. The Morgan fingerprint density at radius 1 is 1.17 bits per heavy atom. The quantitative estimate of drug-likeness (QED) is 0.870. The lowest BCUT2D eigenvalue weighted by atomic mass is 10.3. The van der Waals surface area contributed by atoms with Gasteiger partial charge in [-0.1, -0.05) is 30.5 Å². The molecule has 0 bridgehead atoms. The molecule has 0 saturated heterocycles. The number of halogens is 1. The molecule has 1 fully saturated rings. The lowest BCUT2D eigenvalue weighted by Crippen LogP contribution is -2.18. The molecule has 0 radical (unpaired) electrons. The molecule has 1 saturated carbocycles. The summed E-state index contributed by atoms with van der Waals surface area (Å²) in [6.45, 7) is 0. The standard InChI is InChI=1S/C16H16ClNO3S2/c17-15-9-8-14(22-15)16(19)18-11-4-3-7-13(10-11)23(20,21)12-5-1-2-6-12/h3-4,7-10,12H,1-2,5-6H2,(H,18,19). The van der Waals surface area contributed by atoms with Crippen LogP contribution >= 0.6 is 22.9 Å². The van der Waals surface area contributed by atoms with Gasteiger partial charge in [0.1, 0.15) is 0 Å². The van der Waals surface area contributed by atoms with E-state index in [9.17, 15) is 13.2 Å². The maximum atomic E-state index is 12.6. The van der Waals surface area contributed by atoms with E-state index in [4.69, 9.17) is 11.6 Å². The van der Waals surface area contributed by atoms with Gasteiger partial charge in [-0.2, -0.15) is 0 Å². The van der Waals surface area contributed by atoms with Gasteiger partial charge in [0.05, 0.1) is 19.4 Å². The molecule has 122 valence electrons. The highest BCUT2D eigenvalue weighted by Crippen LogP contribution is 2.30. The molecule has 1 aromatic heterocycles. The van der Waals surface area contributed by atoms with Crippen molar-refractivity contribution in [1.82, 2.24) is 0 Å². The fourth-order valence-electron chi connectivity index (χ4n) is 2.77. The first-order chi connectivity index (χ1) is 11.0. The lowest BCUT2D eigenvalue weighted by molar-refractivity contribution is 0.103. The van der Waals surface area contributed by atoms with E-state index in [1.54, 1.807) is 30.3 Å². The summed E-state index contributed by atoms with van der Waals surface area (Å²) in [5.41, 5.74) is 0.471. The molecule has 1 heterocycles. The number of amides is 1. The maximum absolute atomic E-state index is 12.6. The zero-order valence-electron chi connectivity index (χ0n) is 12.3. The summed E-state index contributed by atoms with van der Waals surface area (Å²) in [6, 6.07) is 9.75. The topological polar surface area (TPSA) is 63.2 Å². The summed E-state index contributed by atoms with van der Waals surface area (Å²) in [5.74, 6) is -0.294. The summed E-state index contributed by atoms with van der Waals surface area (Å²) in [4.78, 5) is 12.9. The minimum absolute atomic E-state index is 0.270. The highest BCUT2D eigenvalue weighted by molar-refractivity contribution is 7.92. The summed E-state index contributed by atoms with van der Waals surface area (Å²) in [7, 11) is -3.33. The minimum Gasteiger partial charge on any atom is -0.321 e. The Morgan fingerprint density at radius 2 is 1.91 bits per heavy atom.